The molecule has 1 aromatic carbocycles. The summed E-state index contributed by atoms with van der Waals surface area (Å²) in [5.41, 5.74) is 1.12. The monoisotopic (exact) mass is 279 g/mol. The van der Waals surface area contributed by atoms with Gasteiger partial charge in [-0.3, -0.25) is 4.79 Å². The molecular formula is C15H21NO4. The number of aliphatic hydroxyl groups is 2. The second kappa shape index (κ2) is 7.38. The number of amides is 1. The molecule has 0 aromatic heterocycles. The Hall–Kier alpha value is -1.43. The Balaban J connectivity index is 1.70. The molecule has 0 unspecified atom stereocenters. The van der Waals surface area contributed by atoms with Gasteiger partial charge in [-0.25, -0.2) is 0 Å². The van der Waals surface area contributed by atoms with Gasteiger partial charge < -0.3 is 20.3 Å². The largest absolute Gasteiger partial charge is 0.390 e. The molecule has 3 atom stereocenters. The van der Waals surface area contributed by atoms with Crippen LogP contribution in [0.4, 0.5) is 0 Å². The smallest absolute Gasteiger partial charge is 0.220 e. The summed E-state index contributed by atoms with van der Waals surface area (Å²) in [5, 5.41) is 22.0. The first-order valence-electron chi connectivity index (χ1n) is 6.91. The van der Waals surface area contributed by atoms with Crippen molar-refractivity contribution in [1.29, 1.82) is 0 Å². The van der Waals surface area contributed by atoms with Crippen LogP contribution in [0, 0.1) is 5.92 Å². The van der Waals surface area contributed by atoms with E-state index in [2.05, 4.69) is 5.32 Å². The van der Waals surface area contributed by atoms with Crippen molar-refractivity contribution >= 4 is 5.91 Å². The molecule has 0 spiro atoms. The summed E-state index contributed by atoms with van der Waals surface area (Å²) in [6.07, 6.45) is -0.594. The van der Waals surface area contributed by atoms with Gasteiger partial charge in [-0.15, -0.1) is 0 Å². The minimum Gasteiger partial charge on any atom is -0.390 e. The van der Waals surface area contributed by atoms with Gasteiger partial charge in [-0.2, -0.15) is 0 Å². The van der Waals surface area contributed by atoms with Crippen molar-refractivity contribution in [2.24, 2.45) is 5.92 Å². The van der Waals surface area contributed by atoms with Gasteiger partial charge in [0.25, 0.3) is 0 Å². The number of aryl methyl sites for hydroxylation is 1. The summed E-state index contributed by atoms with van der Waals surface area (Å²) in [6.45, 7) is 0.836. The summed E-state index contributed by atoms with van der Waals surface area (Å²) >= 11 is 0. The molecule has 1 aliphatic rings. The SMILES string of the molecule is O=C(CCc1ccccc1)NC[C@@H]1COC[C@@H](O)[C@H]1O. The first-order chi connectivity index (χ1) is 9.66. The Labute approximate surface area is 118 Å². The third-order valence-corrected chi connectivity index (χ3v) is 3.54. The lowest BCUT2D eigenvalue weighted by Gasteiger charge is -2.31. The second-order valence-corrected chi connectivity index (χ2v) is 5.15. The van der Waals surface area contributed by atoms with Gasteiger partial charge >= 0.3 is 0 Å². The van der Waals surface area contributed by atoms with E-state index in [4.69, 9.17) is 4.74 Å². The second-order valence-electron chi connectivity index (χ2n) is 5.15. The van der Waals surface area contributed by atoms with E-state index in [9.17, 15) is 15.0 Å². The summed E-state index contributed by atoms with van der Waals surface area (Å²) in [7, 11) is 0. The third-order valence-electron chi connectivity index (χ3n) is 3.54. The zero-order valence-corrected chi connectivity index (χ0v) is 11.4. The molecule has 0 bridgehead atoms. The first-order valence-corrected chi connectivity index (χ1v) is 6.91. The minimum atomic E-state index is -0.866. The summed E-state index contributed by atoms with van der Waals surface area (Å²) in [6, 6.07) is 9.82. The van der Waals surface area contributed by atoms with E-state index in [1.165, 1.54) is 0 Å². The number of rotatable bonds is 5. The number of hydrogen-bond acceptors (Lipinski definition) is 4. The van der Waals surface area contributed by atoms with Crippen LogP contribution in [0.15, 0.2) is 30.3 Å². The molecule has 0 saturated carbocycles. The number of benzene rings is 1. The highest BCUT2D eigenvalue weighted by Gasteiger charge is 2.31. The fraction of sp³-hybridized carbons (Fsp3) is 0.533. The molecule has 1 aromatic rings. The lowest BCUT2D eigenvalue weighted by molar-refractivity contribution is -0.128. The van der Waals surface area contributed by atoms with Crippen molar-refractivity contribution in [1.82, 2.24) is 5.32 Å². The maximum atomic E-state index is 11.8. The van der Waals surface area contributed by atoms with Crippen molar-refractivity contribution in [2.75, 3.05) is 19.8 Å². The van der Waals surface area contributed by atoms with E-state index in [0.717, 1.165) is 5.56 Å². The molecule has 3 N–H and O–H groups in total. The van der Waals surface area contributed by atoms with Gasteiger partial charge in [0.1, 0.15) is 6.10 Å². The maximum absolute atomic E-state index is 11.8. The molecule has 1 amide bonds. The lowest BCUT2D eigenvalue weighted by atomic mass is 9.96. The van der Waals surface area contributed by atoms with Crippen LogP contribution in [0.2, 0.25) is 0 Å². The maximum Gasteiger partial charge on any atom is 0.220 e. The van der Waals surface area contributed by atoms with Crippen LogP contribution < -0.4 is 5.32 Å². The van der Waals surface area contributed by atoms with E-state index >= 15 is 0 Å². The van der Waals surface area contributed by atoms with E-state index in [0.29, 0.717) is 26.0 Å². The van der Waals surface area contributed by atoms with E-state index < -0.39 is 12.2 Å². The van der Waals surface area contributed by atoms with Crippen molar-refractivity contribution < 1.29 is 19.7 Å². The predicted molar refractivity (Wildman–Crippen MR) is 74.1 cm³/mol. The van der Waals surface area contributed by atoms with Crippen LogP contribution in [-0.4, -0.2) is 48.1 Å². The zero-order valence-electron chi connectivity index (χ0n) is 11.4. The van der Waals surface area contributed by atoms with Crippen LogP contribution in [0.1, 0.15) is 12.0 Å². The average molecular weight is 279 g/mol. The van der Waals surface area contributed by atoms with Crippen LogP contribution in [0.25, 0.3) is 0 Å². The third kappa shape index (κ3) is 4.30. The Morgan fingerprint density at radius 2 is 2.00 bits per heavy atom. The van der Waals surface area contributed by atoms with Gasteiger partial charge in [0.05, 0.1) is 19.3 Å². The molecule has 1 fully saturated rings. The summed E-state index contributed by atoms with van der Waals surface area (Å²) in [5.74, 6) is -0.305. The predicted octanol–water partition coefficient (Wildman–Crippen LogP) is 0.104. The quantitative estimate of drug-likeness (QED) is 0.714. The fourth-order valence-corrected chi connectivity index (χ4v) is 2.27. The highest BCUT2D eigenvalue weighted by atomic mass is 16.5. The van der Waals surface area contributed by atoms with Gasteiger partial charge in [0.2, 0.25) is 5.91 Å². The average Bonchev–Trinajstić information content (AvgIpc) is 2.48. The van der Waals surface area contributed by atoms with Gasteiger partial charge in [-0.05, 0) is 12.0 Å². The zero-order chi connectivity index (χ0) is 14.4. The number of ether oxygens (including phenoxy) is 1. The van der Waals surface area contributed by atoms with Crippen molar-refractivity contribution in [3.63, 3.8) is 0 Å². The summed E-state index contributed by atoms with van der Waals surface area (Å²) < 4.78 is 5.17. The van der Waals surface area contributed by atoms with Crippen molar-refractivity contribution in [3.05, 3.63) is 35.9 Å². The highest BCUT2D eigenvalue weighted by Crippen LogP contribution is 2.14. The van der Waals surface area contributed by atoms with Gasteiger partial charge in [-0.1, -0.05) is 30.3 Å². The Kier molecular flexibility index (Phi) is 5.52. The summed E-state index contributed by atoms with van der Waals surface area (Å²) in [4.78, 5) is 11.8. The fourth-order valence-electron chi connectivity index (χ4n) is 2.27. The van der Waals surface area contributed by atoms with Crippen LogP contribution in [0.3, 0.4) is 0 Å². The molecule has 5 heteroatoms. The Morgan fingerprint density at radius 3 is 2.75 bits per heavy atom. The van der Waals surface area contributed by atoms with E-state index in [-0.39, 0.29) is 18.4 Å². The molecule has 1 saturated heterocycles. The van der Waals surface area contributed by atoms with Crippen molar-refractivity contribution in [2.45, 2.75) is 25.0 Å². The normalized spacial score (nSPS) is 26.2. The number of nitrogens with one attached hydrogen (secondary N) is 1. The topological polar surface area (TPSA) is 78.8 Å². The molecule has 110 valence electrons. The number of hydrogen-bond donors (Lipinski definition) is 3. The van der Waals surface area contributed by atoms with Crippen LogP contribution in [-0.2, 0) is 16.0 Å². The van der Waals surface area contributed by atoms with Gasteiger partial charge in [0, 0.05) is 18.9 Å². The highest BCUT2D eigenvalue weighted by molar-refractivity contribution is 5.76. The van der Waals surface area contributed by atoms with Crippen LogP contribution >= 0.6 is 0 Å². The molecule has 0 aliphatic carbocycles. The Morgan fingerprint density at radius 1 is 1.25 bits per heavy atom. The minimum absolute atomic E-state index is 0.0545. The van der Waals surface area contributed by atoms with Crippen molar-refractivity contribution in [3.8, 4) is 0 Å². The van der Waals surface area contributed by atoms with E-state index in [1.807, 2.05) is 30.3 Å². The number of carbonyl (C=O) groups is 1. The standard InChI is InChI=1S/C15H21NO4/c17-13-10-20-9-12(15(13)19)8-16-14(18)7-6-11-4-2-1-3-5-11/h1-5,12-13,15,17,19H,6-10H2,(H,16,18)/t12-,13-,15+/m1/s1. The van der Waals surface area contributed by atoms with Gasteiger partial charge in [0.15, 0.2) is 0 Å². The molecule has 5 nitrogen and oxygen atoms in total. The van der Waals surface area contributed by atoms with E-state index in [1.54, 1.807) is 0 Å². The molecule has 1 heterocycles. The number of aliphatic hydroxyl groups excluding tert-OH is 2. The molecule has 2 rings (SSSR count). The first kappa shape index (κ1) is 15.0. The molecule has 1 aliphatic heterocycles. The lowest BCUT2D eigenvalue weighted by Crippen LogP contribution is -2.48. The molecular weight excluding hydrogens is 258 g/mol. The number of carbonyl (C=O) groups excluding carboxylic acids is 1. The molecule has 20 heavy (non-hydrogen) atoms. The van der Waals surface area contributed by atoms with Crippen LogP contribution in [0.5, 0.6) is 0 Å². The molecule has 0 radical (unpaired) electrons. The Bertz CT molecular complexity index is 423.